The molecule has 138 valence electrons. The van der Waals surface area contributed by atoms with Gasteiger partial charge in [-0.1, -0.05) is 0 Å². The average molecular weight is 342 g/mol. The Labute approximate surface area is 136 Å². The summed E-state index contributed by atoms with van der Waals surface area (Å²) < 4.78 is 46.7. The molecule has 0 saturated carbocycles. The monoisotopic (exact) mass is 342 g/mol. The summed E-state index contributed by atoms with van der Waals surface area (Å²) in [7, 11) is 4.74. The number of hydrogen-bond donors (Lipinski definition) is 2. The molecule has 0 amide bonds. The quantitative estimate of drug-likeness (QED) is 0.316. The lowest BCUT2D eigenvalue weighted by atomic mass is 10.4. The molecule has 0 spiro atoms. The molecule has 0 heterocycles. The fraction of sp³-hybridized carbons (Fsp3) is 0.929. The van der Waals surface area contributed by atoms with Crippen LogP contribution in [0.25, 0.3) is 0 Å². The highest BCUT2D eigenvalue weighted by molar-refractivity contribution is 5.79. The Kier molecular flexibility index (Phi) is 12.8. The standard InChI is InChI=1S/C14H29F3N4O2/c1-18-13(20-7-5-9-23-11-10-22-3)19-6-4-8-21(2)12-14(15,16)17/h4-12H2,1-3H3,(H2,18,19,20). The van der Waals surface area contributed by atoms with E-state index in [4.69, 9.17) is 9.47 Å². The van der Waals surface area contributed by atoms with Crippen molar-refractivity contribution in [3.05, 3.63) is 0 Å². The molecule has 0 aliphatic carbocycles. The van der Waals surface area contributed by atoms with E-state index in [9.17, 15) is 13.2 Å². The number of rotatable bonds is 12. The summed E-state index contributed by atoms with van der Waals surface area (Å²) in [5.74, 6) is 0.639. The van der Waals surface area contributed by atoms with E-state index in [2.05, 4.69) is 15.6 Å². The van der Waals surface area contributed by atoms with E-state index in [1.807, 2.05) is 0 Å². The van der Waals surface area contributed by atoms with Crippen LogP contribution >= 0.6 is 0 Å². The van der Waals surface area contributed by atoms with Crippen molar-refractivity contribution in [3.8, 4) is 0 Å². The molecule has 0 bridgehead atoms. The Morgan fingerprint density at radius 3 is 2.30 bits per heavy atom. The van der Waals surface area contributed by atoms with Crippen LogP contribution in [0.4, 0.5) is 13.2 Å². The summed E-state index contributed by atoms with van der Waals surface area (Å²) in [6, 6.07) is 0. The molecule has 2 N–H and O–H groups in total. The van der Waals surface area contributed by atoms with Crippen molar-refractivity contribution >= 4 is 5.96 Å². The molecule has 0 atom stereocenters. The third-order valence-corrected chi connectivity index (χ3v) is 2.87. The zero-order chi connectivity index (χ0) is 17.6. The second-order valence-electron chi connectivity index (χ2n) is 5.09. The van der Waals surface area contributed by atoms with E-state index in [0.717, 1.165) is 6.42 Å². The van der Waals surface area contributed by atoms with Crippen LogP contribution < -0.4 is 10.6 Å². The fourth-order valence-corrected chi connectivity index (χ4v) is 1.79. The van der Waals surface area contributed by atoms with Gasteiger partial charge in [-0.05, 0) is 26.4 Å². The Morgan fingerprint density at radius 2 is 1.74 bits per heavy atom. The second kappa shape index (κ2) is 13.4. The van der Waals surface area contributed by atoms with E-state index < -0.39 is 12.7 Å². The minimum atomic E-state index is -4.15. The molecular formula is C14H29F3N4O2. The normalized spacial score (nSPS) is 12.7. The van der Waals surface area contributed by atoms with Crippen molar-refractivity contribution in [1.29, 1.82) is 0 Å². The average Bonchev–Trinajstić information content (AvgIpc) is 2.46. The summed E-state index contributed by atoms with van der Waals surface area (Å²) in [5, 5.41) is 6.19. The van der Waals surface area contributed by atoms with Crippen LogP contribution in [0.3, 0.4) is 0 Å². The minimum Gasteiger partial charge on any atom is -0.382 e. The van der Waals surface area contributed by atoms with Crippen molar-refractivity contribution < 1.29 is 22.6 Å². The molecule has 0 aromatic heterocycles. The van der Waals surface area contributed by atoms with Crippen molar-refractivity contribution in [1.82, 2.24) is 15.5 Å². The van der Waals surface area contributed by atoms with Gasteiger partial charge in [0.15, 0.2) is 5.96 Å². The lowest BCUT2D eigenvalue weighted by Crippen LogP contribution is -2.39. The maximum Gasteiger partial charge on any atom is 0.401 e. The SMILES string of the molecule is CN=C(NCCCOCCOC)NCCCN(C)CC(F)(F)F. The number of hydrogen-bond acceptors (Lipinski definition) is 4. The zero-order valence-corrected chi connectivity index (χ0v) is 14.2. The van der Waals surface area contributed by atoms with Gasteiger partial charge in [-0.2, -0.15) is 13.2 Å². The Morgan fingerprint density at radius 1 is 1.09 bits per heavy atom. The van der Waals surface area contributed by atoms with Gasteiger partial charge >= 0.3 is 6.18 Å². The van der Waals surface area contributed by atoms with Gasteiger partial charge < -0.3 is 20.1 Å². The maximum absolute atomic E-state index is 12.2. The van der Waals surface area contributed by atoms with Gasteiger partial charge in [0.1, 0.15) is 0 Å². The summed E-state index contributed by atoms with van der Waals surface area (Å²) in [4.78, 5) is 5.31. The predicted molar refractivity (Wildman–Crippen MR) is 84.8 cm³/mol. The molecule has 0 aromatic carbocycles. The van der Waals surface area contributed by atoms with Crippen LogP contribution in [-0.4, -0.2) is 84.2 Å². The van der Waals surface area contributed by atoms with Gasteiger partial charge in [0.05, 0.1) is 19.8 Å². The summed E-state index contributed by atoms with van der Waals surface area (Å²) in [6.07, 6.45) is -2.71. The molecule has 0 aliphatic heterocycles. The number of guanidine groups is 1. The highest BCUT2D eigenvalue weighted by Gasteiger charge is 2.28. The molecule has 0 fully saturated rings. The zero-order valence-electron chi connectivity index (χ0n) is 14.2. The number of nitrogens with one attached hydrogen (secondary N) is 2. The smallest absolute Gasteiger partial charge is 0.382 e. The number of nitrogens with zero attached hydrogens (tertiary/aromatic N) is 2. The third-order valence-electron chi connectivity index (χ3n) is 2.87. The van der Waals surface area contributed by atoms with E-state index in [1.54, 1.807) is 14.2 Å². The van der Waals surface area contributed by atoms with Gasteiger partial charge in [-0.3, -0.25) is 9.89 Å². The molecule has 9 heteroatoms. The molecule has 23 heavy (non-hydrogen) atoms. The van der Waals surface area contributed by atoms with E-state index in [-0.39, 0.29) is 0 Å². The van der Waals surface area contributed by atoms with Gasteiger partial charge in [0, 0.05) is 33.9 Å². The molecule has 0 aliphatic rings. The summed E-state index contributed by atoms with van der Waals surface area (Å²) >= 11 is 0. The number of aliphatic imine (C=N–C) groups is 1. The third kappa shape index (κ3) is 15.6. The number of alkyl halides is 3. The molecule has 0 unspecified atom stereocenters. The van der Waals surface area contributed by atoms with Crippen molar-refractivity contribution in [3.63, 3.8) is 0 Å². The molecular weight excluding hydrogens is 313 g/mol. The van der Waals surface area contributed by atoms with Gasteiger partial charge in [0.25, 0.3) is 0 Å². The Bertz CT molecular complexity index is 315. The summed E-state index contributed by atoms with van der Waals surface area (Å²) in [5.41, 5.74) is 0. The lowest BCUT2D eigenvalue weighted by Gasteiger charge is -2.19. The van der Waals surface area contributed by atoms with Crippen LogP contribution in [0.15, 0.2) is 4.99 Å². The van der Waals surface area contributed by atoms with Gasteiger partial charge in [-0.25, -0.2) is 0 Å². The van der Waals surface area contributed by atoms with Crippen LogP contribution in [0.5, 0.6) is 0 Å². The Hall–Kier alpha value is -1.06. The van der Waals surface area contributed by atoms with E-state index >= 15 is 0 Å². The minimum absolute atomic E-state index is 0.372. The highest BCUT2D eigenvalue weighted by Crippen LogP contribution is 2.15. The topological polar surface area (TPSA) is 58.1 Å². The molecule has 0 saturated heterocycles. The number of methoxy groups -OCH3 is 1. The number of halogens is 3. The molecule has 0 rings (SSSR count). The second-order valence-corrected chi connectivity index (χ2v) is 5.09. The summed E-state index contributed by atoms with van der Waals surface area (Å²) in [6.45, 7) is 2.55. The van der Waals surface area contributed by atoms with Crippen molar-refractivity contribution in [2.75, 3.05) is 67.2 Å². The first-order chi connectivity index (χ1) is 10.9. The predicted octanol–water partition coefficient (Wildman–Crippen LogP) is 1.09. The van der Waals surface area contributed by atoms with E-state index in [0.29, 0.717) is 51.8 Å². The lowest BCUT2D eigenvalue weighted by molar-refractivity contribution is -0.143. The van der Waals surface area contributed by atoms with E-state index in [1.165, 1.54) is 11.9 Å². The molecule has 6 nitrogen and oxygen atoms in total. The van der Waals surface area contributed by atoms with Crippen molar-refractivity contribution in [2.45, 2.75) is 19.0 Å². The first kappa shape index (κ1) is 21.9. The van der Waals surface area contributed by atoms with Crippen LogP contribution in [-0.2, 0) is 9.47 Å². The highest BCUT2D eigenvalue weighted by atomic mass is 19.4. The molecule has 0 radical (unpaired) electrons. The van der Waals surface area contributed by atoms with Crippen LogP contribution in [0.1, 0.15) is 12.8 Å². The maximum atomic E-state index is 12.2. The Balaban J connectivity index is 3.59. The first-order valence-electron chi connectivity index (χ1n) is 7.65. The fourth-order valence-electron chi connectivity index (χ4n) is 1.79. The largest absolute Gasteiger partial charge is 0.401 e. The van der Waals surface area contributed by atoms with Crippen LogP contribution in [0, 0.1) is 0 Å². The van der Waals surface area contributed by atoms with Gasteiger partial charge in [0.2, 0.25) is 0 Å². The number of ether oxygens (including phenoxy) is 2. The van der Waals surface area contributed by atoms with Crippen molar-refractivity contribution in [2.24, 2.45) is 4.99 Å². The van der Waals surface area contributed by atoms with Crippen LogP contribution in [0.2, 0.25) is 0 Å². The molecule has 0 aromatic rings. The van der Waals surface area contributed by atoms with Gasteiger partial charge in [-0.15, -0.1) is 0 Å². The first-order valence-corrected chi connectivity index (χ1v) is 7.65.